The van der Waals surface area contributed by atoms with E-state index >= 15 is 0 Å². The summed E-state index contributed by atoms with van der Waals surface area (Å²) in [5.74, 6) is 0.496. The number of methoxy groups -OCH3 is 1. The Bertz CT molecular complexity index is 806. The van der Waals surface area contributed by atoms with Gasteiger partial charge in [0, 0.05) is 0 Å². The first-order chi connectivity index (χ1) is 12.2. The molecule has 0 bridgehead atoms. The second-order valence-corrected chi connectivity index (χ2v) is 5.78. The molecule has 0 aliphatic rings. The molecular formula is C22H20O3. The van der Waals surface area contributed by atoms with Crippen LogP contribution < -0.4 is 4.74 Å². The first kappa shape index (κ1) is 16.8. The smallest absolute Gasteiger partial charge is 0.337 e. The van der Waals surface area contributed by atoms with Crippen LogP contribution in [0.2, 0.25) is 0 Å². The number of benzene rings is 3. The Hall–Kier alpha value is -3.07. The molecule has 0 unspecified atom stereocenters. The lowest BCUT2D eigenvalue weighted by Gasteiger charge is -2.08. The standard InChI is InChI=1S/C22H20O3/c1-24-22(23)20-11-7-19(8-12-20)16-25-21-13-9-18(10-14-21)15-17-5-3-2-4-6-17/h2-14H,15-16H2,1H3. The summed E-state index contributed by atoms with van der Waals surface area (Å²) in [6.07, 6.45) is 0.913. The first-order valence-corrected chi connectivity index (χ1v) is 8.17. The molecule has 0 aromatic heterocycles. The van der Waals surface area contributed by atoms with Crippen LogP contribution in [-0.2, 0) is 17.8 Å². The lowest BCUT2D eigenvalue weighted by atomic mass is 10.1. The van der Waals surface area contributed by atoms with Crippen LogP contribution in [0.15, 0.2) is 78.9 Å². The van der Waals surface area contributed by atoms with Crippen molar-refractivity contribution in [1.29, 1.82) is 0 Å². The van der Waals surface area contributed by atoms with Gasteiger partial charge in [0.05, 0.1) is 12.7 Å². The predicted molar refractivity (Wildman–Crippen MR) is 97.8 cm³/mol. The van der Waals surface area contributed by atoms with Gasteiger partial charge >= 0.3 is 5.97 Å². The van der Waals surface area contributed by atoms with Gasteiger partial charge in [-0.05, 0) is 47.4 Å². The van der Waals surface area contributed by atoms with Crippen LogP contribution in [-0.4, -0.2) is 13.1 Å². The van der Waals surface area contributed by atoms with Crippen molar-refractivity contribution < 1.29 is 14.3 Å². The summed E-state index contributed by atoms with van der Waals surface area (Å²) in [6.45, 7) is 0.458. The zero-order valence-electron chi connectivity index (χ0n) is 14.1. The fourth-order valence-electron chi connectivity index (χ4n) is 2.56. The van der Waals surface area contributed by atoms with Crippen LogP contribution in [0, 0.1) is 0 Å². The maximum absolute atomic E-state index is 11.4. The van der Waals surface area contributed by atoms with Crippen LogP contribution in [0.3, 0.4) is 0 Å². The Morgan fingerprint density at radius 2 is 1.36 bits per heavy atom. The fourth-order valence-corrected chi connectivity index (χ4v) is 2.56. The zero-order chi connectivity index (χ0) is 17.5. The molecule has 3 heteroatoms. The highest BCUT2D eigenvalue weighted by molar-refractivity contribution is 5.89. The molecule has 25 heavy (non-hydrogen) atoms. The van der Waals surface area contributed by atoms with E-state index in [0.717, 1.165) is 17.7 Å². The van der Waals surface area contributed by atoms with Gasteiger partial charge in [-0.15, -0.1) is 0 Å². The van der Waals surface area contributed by atoms with Crippen molar-refractivity contribution in [3.05, 3.63) is 101 Å². The molecule has 126 valence electrons. The minimum atomic E-state index is -0.332. The van der Waals surface area contributed by atoms with Crippen LogP contribution in [0.1, 0.15) is 27.0 Å². The number of carbonyl (C=O) groups is 1. The van der Waals surface area contributed by atoms with E-state index < -0.39 is 0 Å². The van der Waals surface area contributed by atoms with Crippen LogP contribution >= 0.6 is 0 Å². The lowest BCUT2D eigenvalue weighted by Crippen LogP contribution is -2.02. The molecule has 0 saturated heterocycles. The highest BCUT2D eigenvalue weighted by Gasteiger charge is 2.04. The monoisotopic (exact) mass is 332 g/mol. The molecule has 0 fully saturated rings. The SMILES string of the molecule is COC(=O)c1ccc(COc2ccc(Cc3ccccc3)cc2)cc1. The van der Waals surface area contributed by atoms with Crippen molar-refractivity contribution in [3.8, 4) is 5.75 Å². The van der Waals surface area contributed by atoms with Gasteiger partial charge in [0.1, 0.15) is 12.4 Å². The lowest BCUT2D eigenvalue weighted by molar-refractivity contribution is 0.0600. The maximum atomic E-state index is 11.4. The third-order valence-electron chi connectivity index (χ3n) is 3.95. The third-order valence-corrected chi connectivity index (χ3v) is 3.95. The van der Waals surface area contributed by atoms with Gasteiger partial charge in [-0.3, -0.25) is 0 Å². The molecule has 3 aromatic rings. The molecule has 3 aromatic carbocycles. The van der Waals surface area contributed by atoms with Crippen molar-refractivity contribution in [2.75, 3.05) is 7.11 Å². The zero-order valence-corrected chi connectivity index (χ0v) is 14.1. The summed E-state index contributed by atoms with van der Waals surface area (Å²) in [5, 5.41) is 0. The van der Waals surface area contributed by atoms with E-state index in [0.29, 0.717) is 12.2 Å². The quantitative estimate of drug-likeness (QED) is 0.617. The van der Waals surface area contributed by atoms with E-state index in [1.165, 1.54) is 18.2 Å². The van der Waals surface area contributed by atoms with Crippen molar-refractivity contribution in [2.45, 2.75) is 13.0 Å². The van der Waals surface area contributed by atoms with E-state index in [1.807, 2.05) is 30.3 Å². The topological polar surface area (TPSA) is 35.5 Å². The number of esters is 1. The van der Waals surface area contributed by atoms with Crippen molar-refractivity contribution in [1.82, 2.24) is 0 Å². The van der Waals surface area contributed by atoms with Crippen molar-refractivity contribution in [3.63, 3.8) is 0 Å². The Morgan fingerprint density at radius 1 is 0.760 bits per heavy atom. The van der Waals surface area contributed by atoms with Gasteiger partial charge in [0.15, 0.2) is 0 Å². The highest BCUT2D eigenvalue weighted by atomic mass is 16.5. The van der Waals surface area contributed by atoms with Gasteiger partial charge in [-0.25, -0.2) is 4.79 Å². The number of hydrogen-bond donors (Lipinski definition) is 0. The highest BCUT2D eigenvalue weighted by Crippen LogP contribution is 2.17. The van der Waals surface area contributed by atoms with Gasteiger partial charge in [-0.1, -0.05) is 54.6 Å². The molecule has 0 atom stereocenters. The largest absolute Gasteiger partial charge is 0.489 e. The molecule has 0 aliphatic carbocycles. The van der Waals surface area contributed by atoms with Gasteiger partial charge < -0.3 is 9.47 Å². The van der Waals surface area contributed by atoms with Crippen molar-refractivity contribution >= 4 is 5.97 Å². The van der Waals surface area contributed by atoms with Crippen LogP contribution in [0.4, 0.5) is 0 Å². The van der Waals surface area contributed by atoms with Gasteiger partial charge in [0.25, 0.3) is 0 Å². The van der Waals surface area contributed by atoms with E-state index in [9.17, 15) is 4.79 Å². The Balaban J connectivity index is 1.56. The minimum absolute atomic E-state index is 0.332. The maximum Gasteiger partial charge on any atom is 0.337 e. The Kier molecular flexibility index (Phi) is 5.47. The average molecular weight is 332 g/mol. The molecular weight excluding hydrogens is 312 g/mol. The van der Waals surface area contributed by atoms with E-state index in [4.69, 9.17) is 4.74 Å². The summed E-state index contributed by atoms with van der Waals surface area (Å²) < 4.78 is 10.5. The van der Waals surface area contributed by atoms with Gasteiger partial charge in [0.2, 0.25) is 0 Å². The van der Waals surface area contributed by atoms with Gasteiger partial charge in [-0.2, -0.15) is 0 Å². The summed E-state index contributed by atoms with van der Waals surface area (Å²) in [4.78, 5) is 11.4. The van der Waals surface area contributed by atoms with E-state index in [1.54, 1.807) is 12.1 Å². The molecule has 0 heterocycles. The molecule has 3 nitrogen and oxygen atoms in total. The summed E-state index contributed by atoms with van der Waals surface area (Å²) in [5.41, 5.74) is 4.08. The Labute approximate surface area is 147 Å². The molecule has 0 amide bonds. The molecule has 0 radical (unpaired) electrons. The molecule has 3 rings (SSSR count). The fraction of sp³-hybridized carbons (Fsp3) is 0.136. The van der Waals surface area contributed by atoms with Crippen molar-refractivity contribution in [2.24, 2.45) is 0 Å². The van der Waals surface area contributed by atoms with E-state index in [-0.39, 0.29) is 5.97 Å². The number of rotatable bonds is 6. The number of carbonyl (C=O) groups excluding carboxylic acids is 1. The van der Waals surface area contributed by atoms with Crippen LogP contribution in [0.25, 0.3) is 0 Å². The minimum Gasteiger partial charge on any atom is -0.489 e. The van der Waals surface area contributed by atoms with Crippen LogP contribution in [0.5, 0.6) is 5.75 Å². The number of hydrogen-bond acceptors (Lipinski definition) is 3. The average Bonchev–Trinajstić information content (AvgIpc) is 2.68. The summed E-state index contributed by atoms with van der Waals surface area (Å²) >= 11 is 0. The third kappa shape index (κ3) is 4.70. The summed E-state index contributed by atoms with van der Waals surface area (Å²) in [6, 6.07) is 25.8. The second kappa shape index (κ2) is 8.15. The van der Waals surface area contributed by atoms with E-state index in [2.05, 4.69) is 41.1 Å². The molecule has 0 spiro atoms. The molecule has 0 aliphatic heterocycles. The second-order valence-electron chi connectivity index (χ2n) is 5.78. The predicted octanol–water partition coefficient (Wildman–Crippen LogP) is 4.64. The Morgan fingerprint density at radius 3 is 2.00 bits per heavy atom. The molecule has 0 N–H and O–H groups in total. The molecule has 0 saturated carbocycles. The summed E-state index contributed by atoms with van der Waals surface area (Å²) in [7, 11) is 1.38. The first-order valence-electron chi connectivity index (χ1n) is 8.17. The normalized spacial score (nSPS) is 10.3. The number of ether oxygens (including phenoxy) is 2.